The van der Waals surface area contributed by atoms with Gasteiger partial charge in [-0.1, -0.05) is 48.0 Å². The van der Waals surface area contributed by atoms with E-state index in [-0.39, 0.29) is 18.5 Å². The summed E-state index contributed by atoms with van der Waals surface area (Å²) in [5.41, 5.74) is 3.50. The summed E-state index contributed by atoms with van der Waals surface area (Å²) in [6.45, 7) is 0.704. The quantitative estimate of drug-likeness (QED) is 0.689. The molecule has 0 aliphatic carbocycles. The Bertz CT molecular complexity index is 955. The molecule has 1 atom stereocenters. The van der Waals surface area contributed by atoms with E-state index in [0.717, 1.165) is 23.3 Å². The van der Waals surface area contributed by atoms with Crippen LogP contribution in [-0.2, 0) is 24.3 Å². The van der Waals surface area contributed by atoms with Crippen molar-refractivity contribution in [1.82, 2.24) is 14.7 Å². The van der Waals surface area contributed by atoms with Crippen LogP contribution in [0.3, 0.4) is 0 Å². The van der Waals surface area contributed by atoms with Gasteiger partial charge in [-0.05, 0) is 35.2 Å². The monoisotopic (exact) mass is 381 g/mol. The van der Waals surface area contributed by atoms with Gasteiger partial charge in [-0.3, -0.25) is 9.48 Å². The van der Waals surface area contributed by atoms with Gasteiger partial charge in [0.15, 0.2) is 0 Å². The van der Waals surface area contributed by atoms with Crippen molar-refractivity contribution in [2.45, 2.75) is 25.6 Å². The van der Waals surface area contributed by atoms with Gasteiger partial charge in [-0.25, -0.2) is 0 Å². The summed E-state index contributed by atoms with van der Waals surface area (Å²) in [7, 11) is 1.65. The summed E-state index contributed by atoms with van der Waals surface area (Å²) < 4.78 is 6.93. The number of rotatable bonds is 4. The fourth-order valence-electron chi connectivity index (χ4n) is 3.58. The average Bonchev–Trinajstić information content (AvgIpc) is 3.11. The fraction of sp³-hybridized carbons (Fsp3) is 0.238. The number of carbonyl (C=O) groups excluding carboxylic acids is 1. The number of ether oxygens (including phenoxy) is 1. The molecule has 138 valence electrons. The highest BCUT2D eigenvalue weighted by Gasteiger charge is 2.31. The Balaban J connectivity index is 1.67. The highest BCUT2D eigenvalue weighted by molar-refractivity contribution is 6.30. The van der Waals surface area contributed by atoms with E-state index in [1.165, 1.54) is 5.56 Å². The minimum absolute atomic E-state index is 0.00868. The second-order valence-corrected chi connectivity index (χ2v) is 7.08. The molecule has 27 heavy (non-hydrogen) atoms. The van der Waals surface area contributed by atoms with Gasteiger partial charge in [0, 0.05) is 12.7 Å². The van der Waals surface area contributed by atoms with Crippen molar-refractivity contribution < 1.29 is 9.53 Å². The van der Waals surface area contributed by atoms with E-state index < -0.39 is 0 Å². The largest absolute Gasteiger partial charge is 0.497 e. The first-order valence-corrected chi connectivity index (χ1v) is 9.20. The van der Waals surface area contributed by atoms with Gasteiger partial charge in [0.2, 0.25) is 5.91 Å². The predicted molar refractivity (Wildman–Crippen MR) is 104 cm³/mol. The smallest absolute Gasteiger partial charge is 0.245 e. The van der Waals surface area contributed by atoms with E-state index >= 15 is 0 Å². The van der Waals surface area contributed by atoms with Crippen molar-refractivity contribution in [2.24, 2.45) is 0 Å². The first kappa shape index (κ1) is 17.6. The molecule has 0 saturated heterocycles. The summed E-state index contributed by atoms with van der Waals surface area (Å²) in [6.07, 6.45) is 3.98. The molecular weight excluding hydrogens is 362 g/mol. The van der Waals surface area contributed by atoms with E-state index in [2.05, 4.69) is 23.3 Å². The molecule has 2 heterocycles. The zero-order chi connectivity index (χ0) is 18.8. The fourth-order valence-corrected chi connectivity index (χ4v) is 3.73. The van der Waals surface area contributed by atoms with Crippen molar-refractivity contribution >= 4 is 17.5 Å². The minimum atomic E-state index is -0.00868. The van der Waals surface area contributed by atoms with Crippen LogP contribution in [0, 0.1) is 0 Å². The Hall–Kier alpha value is -2.79. The molecule has 0 radical (unpaired) electrons. The lowest BCUT2D eigenvalue weighted by molar-refractivity contribution is -0.135. The number of fused-ring (bicyclic) bond motifs is 1. The third kappa shape index (κ3) is 3.69. The van der Waals surface area contributed by atoms with Gasteiger partial charge in [0.1, 0.15) is 12.3 Å². The van der Waals surface area contributed by atoms with Crippen LogP contribution in [0.1, 0.15) is 22.7 Å². The van der Waals surface area contributed by atoms with Gasteiger partial charge in [0.05, 0.1) is 24.4 Å². The molecule has 5 nitrogen and oxygen atoms in total. The van der Waals surface area contributed by atoms with Crippen molar-refractivity contribution in [2.75, 3.05) is 7.11 Å². The Morgan fingerprint density at radius 2 is 2.04 bits per heavy atom. The molecule has 0 N–H and O–H groups in total. The van der Waals surface area contributed by atoms with Crippen LogP contribution >= 0.6 is 11.6 Å². The summed E-state index contributed by atoms with van der Waals surface area (Å²) >= 11 is 5.93. The summed E-state index contributed by atoms with van der Waals surface area (Å²) in [6, 6.07) is 16.2. The molecule has 1 aliphatic heterocycles. The SMILES string of the molecule is COc1ccc2c(c1)CN(C(=O)Cn1cc(Cl)cn1)C(c1ccccc1)C2. The number of halogens is 1. The third-order valence-electron chi connectivity index (χ3n) is 4.95. The molecule has 0 spiro atoms. The number of amides is 1. The van der Waals surface area contributed by atoms with E-state index in [9.17, 15) is 4.79 Å². The zero-order valence-electron chi connectivity index (χ0n) is 15.0. The van der Waals surface area contributed by atoms with Crippen molar-refractivity contribution in [1.29, 1.82) is 0 Å². The van der Waals surface area contributed by atoms with Crippen LogP contribution in [-0.4, -0.2) is 27.7 Å². The Labute approximate surface area is 163 Å². The van der Waals surface area contributed by atoms with Gasteiger partial charge < -0.3 is 9.64 Å². The molecule has 0 fully saturated rings. The summed E-state index contributed by atoms with van der Waals surface area (Å²) in [5.74, 6) is 0.815. The van der Waals surface area contributed by atoms with Crippen LogP contribution in [0.4, 0.5) is 0 Å². The summed E-state index contributed by atoms with van der Waals surface area (Å²) in [5, 5.41) is 4.66. The van der Waals surface area contributed by atoms with Crippen LogP contribution in [0.2, 0.25) is 5.02 Å². The zero-order valence-corrected chi connectivity index (χ0v) is 15.8. The number of aromatic nitrogens is 2. The van der Waals surface area contributed by atoms with E-state index in [0.29, 0.717) is 11.6 Å². The number of carbonyl (C=O) groups is 1. The molecule has 6 heteroatoms. The third-order valence-corrected chi connectivity index (χ3v) is 5.14. The molecule has 1 aliphatic rings. The maximum absolute atomic E-state index is 13.1. The van der Waals surface area contributed by atoms with Crippen molar-refractivity contribution in [3.63, 3.8) is 0 Å². The van der Waals surface area contributed by atoms with Crippen molar-refractivity contribution in [3.05, 3.63) is 82.6 Å². The van der Waals surface area contributed by atoms with Crippen LogP contribution in [0.25, 0.3) is 0 Å². The first-order valence-electron chi connectivity index (χ1n) is 8.82. The van der Waals surface area contributed by atoms with Gasteiger partial charge in [-0.15, -0.1) is 0 Å². The normalized spacial score (nSPS) is 16.1. The number of methoxy groups -OCH3 is 1. The molecule has 1 aromatic heterocycles. The standard InChI is InChI=1S/C21H20ClN3O2/c1-27-19-8-7-16-10-20(15-5-3-2-4-6-15)25(12-17(16)9-19)21(26)14-24-13-18(22)11-23-24/h2-9,11,13,20H,10,12,14H2,1H3. The molecule has 4 rings (SSSR count). The maximum atomic E-state index is 13.1. The summed E-state index contributed by atoms with van der Waals surface area (Å²) in [4.78, 5) is 15.0. The molecule has 3 aromatic rings. The van der Waals surface area contributed by atoms with E-state index in [1.807, 2.05) is 35.2 Å². The van der Waals surface area contributed by atoms with Crippen molar-refractivity contribution in [3.8, 4) is 5.75 Å². The molecule has 0 saturated carbocycles. The lowest BCUT2D eigenvalue weighted by Gasteiger charge is -2.37. The van der Waals surface area contributed by atoms with E-state index in [4.69, 9.17) is 16.3 Å². The Morgan fingerprint density at radius 3 is 2.74 bits per heavy atom. The number of benzene rings is 2. The molecule has 0 bridgehead atoms. The second-order valence-electron chi connectivity index (χ2n) is 6.64. The van der Waals surface area contributed by atoms with Crippen LogP contribution < -0.4 is 4.74 Å². The van der Waals surface area contributed by atoms with Gasteiger partial charge in [0.25, 0.3) is 0 Å². The Kier molecular flexibility index (Phi) is 4.86. The Morgan fingerprint density at radius 1 is 1.22 bits per heavy atom. The highest BCUT2D eigenvalue weighted by Crippen LogP contribution is 2.35. The first-order chi connectivity index (χ1) is 13.1. The molecular formula is C21H20ClN3O2. The lowest BCUT2D eigenvalue weighted by Crippen LogP contribution is -2.40. The maximum Gasteiger partial charge on any atom is 0.245 e. The number of nitrogens with zero attached hydrogens (tertiary/aromatic N) is 3. The molecule has 2 aromatic carbocycles. The second kappa shape index (κ2) is 7.45. The number of hydrogen-bond acceptors (Lipinski definition) is 3. The van der Waals surface area contributed by atoms with Gasteiger partial charge in [-0.2, -0.15) is 5.10 Å². The number of hydrogen-bond donors (Lipinski definition) is 0. The van der Waals surface area contributed by atoms with Crippen LogP contribution in [0.5, 0.6) is 5.75 Å². The highest BCUT2D eigenvalue weighted by atomic mass is 35.5. The average molecular weight is 382 g/mol. The minimum Gasteiger partial charge on any atom is -0.497 e. The van der Waals surface area contributed by atoms with Crippen LogP contribution in [0.15, 0.2) is 60.9 Å². The van der Waals surface area contributed by atoms with Gasteiger partial charge >= 0.3 is 0 Å². The molecule has 1 unspecified atom stereocenters. The lowest BCUT2D eigenvalue weighted by atomic mass is 9.89. The van der Waals surface area contributed by atoms with E-state index in [1.54, 1.807) is 24.2 Å². The molecule has 1 amide bonds. The predicted octanol–water partition coefficient (Wildman–Crippen LogP) is 3.87. The topological polar surface area (TPSA) is 47.4 Å².